The summed E-state index contributed by atoms with van der Waals surface area (Å²) in [4.78, 5) is 13.1. The zero-order valence-corrected chi connectivity index (χ0v) is 19.1. The molecule has 4 rings (SSSR count). The van der Waals surface area contributed by atoms with Crippen molar-refractivity contribution in [1.82, 2.24) is 0 Å². The standard InChI is InChI=1S/C24H21ClN2O5S/c1-2-13-31-19-8-6-7-18(15-19)26-24(28)23-16-27(21-14-17(25)11-12-22(21)32-23)33(29,30)20-9-4-3-5-10-20/h2-12,14-15,23H,1,13,16H2,(H,26,28)/t23-/m1/s1. The number of hydrogen-bond donors (Lipinski definition) is 1. The first kappa shape index (κ1) is 22.7. The summed E-state index contributed by atoms with van der Waals surface area (Å²) in [6, 6.07) is 19.5. The van der Waals surface area contributed by atoms with E-state index < -0.39 is 22.0 Å². The summed E-state index contributed by atoms with van der Waals surface area (Å²) >= 11 is 6.12. The van der Waals surface area contributed by atoms with Crippen LogP contribution in [0.1, 0.15) is 0 Å². The van der Waals surface area contributed by atoms with Gasteiger partial charge in [-0.1, -0.05) is 48.5 Å². The molecule has 1 heterocycles. The largest absolute Gasteiger partial charge is 0.489 e. The molecular weight excluding hydrogens is 464 g/mol. The Hall–Kier alpha value is -3.49. The lowest BCUT2D eigenvalue weighted by Gasteiger charge is -2.34. The van der Waals surface area contributed by atoms with Gasteiger partial charge in [0.15, 0.2) is 6.10 Å². The van der Waals surface area contributed by atoms with Crippen LogP contribution in [0.3, 0.4) is 0 Å². The van der Waals surface area contributed by atoms with E-state index in [1.165, 1.54) is 18.2 Å². The molecule has 7 nitrogen and oxygen atoms in total. The van der Waals surface area contributed by atoms with Crippen LogP contribution in [0, 0.1) is 0 Å². The second-order valence-corrected chi connectivity index (χ2v) is 9.48. The molecule has 0 spiro atoms. The quantitative estimate of drug-likeness (QED) is 0.499. The minimum Gasteiger partial charge on any atom is -0.489 e. The molecule has 1 amide bonds. The zero-order chi connectivity index (χ0) is 23.4. The third-order valence-corrected chi connectivity index (χ3v) is 6.91. The second kappa shape index (κ2) is 9.56. The number of nitrogens with zero attached hydrogens (tertiary/aromatic N) is 1. The number of rotatable bonds is 7. The molecule has 170 valence electrons. The van der Waals surface area contributed by atoms with Crippen molar-refractivity contribution in [2.24, 2.45) is 0 Å². The Morgan fingerprint density at radius 1 is 1.15 bits per heavy atom. The van der Waals surface area contributed by atoms with E-state index >= 15 is 0 Å². The van der Waals surface area contributed by atoms with Crippen molar-refractivity contribution in [3.63, 3.8) is 0 Å². The van der Waals surface area contributed by atoms with Crippen LogP contribution in [0.2, 0.25) is 5.02 Å². The van der Waals surface area contributed by atoms with Crippen molar-refractivity contribution < 1.29 is 22.7 Å². The van der Waals surface area contributed by atoms with Crippen LogP contribution in [-0.4, -0.2) is 33.6 Å². The van der Waals surface area contributed by atoms with Crippen molar-refractivity contribution >= 4 is 38.9 Å². The topological polar surface area (TPSA) is 84.9 Å². The number of fused-ring (bicyclic) bond motifs is 1. The fourth-order valence-electron chi connectivity index (χ4n) is 3.35. The molecule has 0 aromatic heterocycles. The van der Waals surface area contributed by atoms with Crippen molar-refractivity contribution in [3.8, 4) is 11.5 Å². The summed E-state index contributed by atoms with van der Waals surface area (Å²) in [5.41, 5.74) is 0.764. The van der Waals surface area contributed by atoms with E-state index in [0.29, 0.717) is 23.1 Å². The highest BCUT2D eigenvalue weighted by molar-refractivity contribution is 7.92. The summed E-state index contributed by atoms with van der Waals surface area (Å²) in [5.74, 6) is 0.309. The van der Waals surface area contributed by atoms with Gasteiger partial charge in [-0.15, -0.1) is 0 Å². The van der Waals surface area contributed by atoms with Gasteiger partial charge in [0.05, 0.1) is 17.1 Å². The summed E-state index contributed by atoms with van der Waals surface area (Å²) in [6.45, 7) is 3.72. The van der Waals surface area contributed by atoms with Crippen LogP contribution in [0.25, 0.3) is 0 Å². The molecule has 3 aromatic carbocycles. The van der Waals surface area contributed by atoms with Gasteiger partial charge in [0.1, 0.15) is 18.1 Å². The summed E-state index contributed by atoms with van der Waals surface area (Å²) in [7, 11) is -3.96. The Balaban J connectivity index is 1.63. The normalized spacial score (nSPS) is 15.2. The lowest BCUT2D eigenvalue weighted by atomic mass is 10.2. The fraction of sp³-hybridized carbons (Fsp3) is 0.125. The lowest BCUT2D eigenvalue weighted by Crippen LogP contribution is -2.48. The van der Waals surface area contributed by atoms with E-state index in [9.17, 15) is 13.2 Å². The number of anilines is 2. The number of benzene rings is 3. The number of hydrogen-bond acceptors (Lipinski definition) is 5. The molecule has 1 N–H and O–H groups in total. The molecule has 33 heavy (non-hydrogen) atoms. The molecule has 1 aliphatic heterocycles. The van der Waals surface area contributed by atoms with Crippen molar-refractivity contribution in [2.75, 3.05) is 22.8 Å². The molecule has 0 saturated carbocycles. The molecule has 0 bridgehead atoms. The number of sulfonamides is 1. The van der Waals surface area contributed by atoms with Crippen LogP contribution < -0.4 is 19.1 Å². The lowest BCUT2D eigenvalue weighted by molar-refractivity contribution is -0.122. The molecule has 0 saturated heterocycles. The maximum absolute atomic E-state index is 13.4. The van der Waals surface area contributed by atoms with E-state index in [4.69, 9.17) is 21.1 Å². The third kappa shape index (κ3) is 4.97. The van der Waals surface area contributed by atoms with Crippen LogP contribution in [0.5, 0.6) is 11.5 Å². The summed E-state index contributed by atoms with van der Waals surface area (Å²) < 4.78 is 39.3. The number of carbonyl (C=O) groups is 1. The predicted octanol–water partition coefficient (Wildman–Crippen LogP) is 4.50. The molecule has 0 unspecified atom stereocenters. The Morgan fingerprint density at radius 2 is 1.94 bits per heavy atom. The Bertz CT molecular complexity index is 1280. The van der Waals surface area contributed by atoms with Crippen molar-refractivity contribution in [3.05, 3.63) is 90.5 Å². The van der Waals surface area contributed by atoms with E-state index in [-0.39, 0.29) is 22.9 Å². The number of ether oxygens (including phenoxy) is 2. The third-order valence-electron chi connectivity index (χ3n) is 4.88. The van der Waals surface area contributed by atoms with Gasteiger partial charge in [-0.3, -0.25) is 9.10 Å². The molecule has 1 aliphatic rings. The molecule has 0 radical (unpaired) electrons. The molecule has 0 fully saturated rings. The molecule has 1 atom stereocenters. The van der Waals surface area contributed by atoms with Gasteiger partial charge in [-0.05, 0) is 42.5 Å². The van der Waals surface area contributed by atoms with Gasteiger partial charge in [0, 0.05) is 16.8 Å². The van der Waals surface area contributed by atoms with Gasteiger partial charge in [0.2, 0.25) is 0 Å². The number of carbonyl (C=O) groups excluding carboxylic acids is 1. The van der Waals surface area contributed by atoms with Crippen molar-refractivity contribution in [2.45, 2.75) is 11.0 Å². The van der Waals surface area contributed by atoms with Crippen LogP contribution in [0.15, 0.2) is 90.3 Å². The maximum Gasteiger partial charge on any atom is 0.267 e. The first-order chi connectivity index (χ1) is 15.9. The van der Waals surface area contributed by atoms with Gasteiger partial charge >= 0.3 is 0 Å². The Kier molecular flexibility index (Phi) is 6.57. The van der Waals surface area contributed by atoms with Crippen LogP contribution in [-0.2, 0) is 14.8 Å². The Labute approximate surface area is 197 Å². The van der Waals surface area contributed by atoms with E-state index in [1.54, 1.807) is 60.7 Å². The van der Waals surface area contributed by atoms with Crippen LogP contribution >= 0.6 is 11.6 Å². The molecule has 0 aliphatic carbocycles. The number of amides is 1. The average molecular weight is 485 g/mol. The second-order valence-electron chi connectivity index (χ2n) is 7.18. The van der Waals surface area contributed by atoms with E-state index in [0.717, 1.165) is 4.31 Å². The summed E-state index contributed by atoms with van der Waals surface area (Å²) in [6.07, 6.45) is 0.530. The van der Waals surface area contributed by atoms with Gasteiger partial charge in [0.25, 0.3) is 15.9 Å². The smallest absolute Gasteiger partial charge is 0.267 e. The highest BCUT2D eigenvalue weighted by atomic mass is 35.5. The highest BCUT2D eigenvalue weighted by Crippen LogP contribution is 2.39. The predicted molar refractivity (Wildman–Crippen MR) is 128 cm³/mol. The first-order valence-electron chi connectivity index (χ1n) is 10.1. The monoisotopic (exact) mass is 484 g/mol. The fourth-order valence-corrected chi connectivity index (χ4v) is 5.01. The van der Waals surface area contributed by atoms with Crippen LogP contribution in [0.4, 0.5) is 11.4 Å². The average Bonchev–Trinajstić information content (AvgIpc) is 2.82. The minimum atomic E-state index is -3.96. The molecule has 3 aromatic rings. The van der Waals surface area contributed by atoms with E-state index in [1.807, 2.05) is 0 Å². The first-order valence-corrected chi connectivity index (χ1v) is 11.9. The van der Waals surface area contributed by atoms with Gasteiger partial charge in [-0.25, -0.2) is 8.42 Å². The summed E-state index contributed by atoms with van der Waals surface area (Å²) in [5, 5.41) is 3.12. The van der Waals surface area contributed by atoms with Gasteiger partial charge in [-0.2, -0.15) is 0 Å². The maximum atomic E-state index is 13.4. The molecular formula is C24H21ClN2O5S. The Morgan fingerprint density at radius 3 is 2.70 bits per heavy atom. The SMILES string of the molecule is C=CCOc1cccc(NC(=O)[C@H]2CN(S(=O)(=O)c3ccccc3)c3cc(Cl)ccc3O2)c1. The minimum absolute atomic E-state index is 0.101. The van der Waals surface area contributed by atoms with Gasteiger partial charge < -0.3 is 14.8 Å². The van der Waals surface area contributed by atoms with Crippen molar-refractivity contribution in [1.29, 1.82) is 0 Å². The number of halogens is 1. The van der Waals surface area contributed by atoms with E-state index in [2.05, 4.69) is 11.9 Å². The highest BCUT2D eigenvalue weighted by Gasteiger charge is 2.37. The zero-order valence-electron chi connectivity index (χ0n) is 17.5. The number of nitrogens with one attached hydrogen (secondary N) is 1. The molecule has 9 heteroatoms.